The fraction of sp³-hybridized carbons (Fsp3) is 0.350. The molecule has 0 unspecified atom stereocenters. The molecule has 0 bridgehead atoms. The van der Waals surface area contributed by atoms with E-state index in [2.05, 4.69) is 25.2 Å². The van der Waals surface area contributed by atoms with E-state index in [0.29, 0.717) is 59.5 Å². The van der Waals surface area contributed by atoms with Crippen LogP contribution in [0.1, 0.15) is 17.6 Å². The van der Waals surface area contributed by atoms with Crippen molar-refractivity contribution in [2.24, 2.45) is 0 Å². The molecule has 1 fully saturated rings. The molecule has 1 aliphatic rings. The summed E-state index contributed by atoms with van der Waals surface area (Å²) >= 11 is 2.81. The van der Waals surface area contributed by atoms with Gasteiger partial charge in [-0.25, -0.2) is 9.37 Å². The second-order valence-electron chi connectivity index (χ2n) is 7.12. The van der Waals surface area contributed by atoms with E-state index in [-0.39, 0.29) is 11.4 Å². The highest BCUT2D eigenvalue weighted by molar-refractivity contribution is 7.98. The van der Waals surface area contributed by atoms with Crippen molar-refractivity contribution < 1.29 is 9.13 Å². The monoisotopic (exact) mass is 473 g/mol. The molecule has 166 valence electrons. The fourth-order valence-corrected chi connectivity index (χ4v) is 5.11. The van der Waals surface area contributed by atoms with Gasteiger partial charge in [-0.05, 0) is 24.6 Å². The highest BCUT2D eigenvalue weighted by atomic mass is 32.2. The van der Waals surface area contributed by atoms with E-state index in [1.54, 1.807) is 6.07 Å². The van der Waals surface area contributed by atoms with Gasteiger partial charge in [-0.2, -0.15) is 9.61 Å². The van der Waals surface area contributed by atoms with Crippen LogP contribution in [-0.2, 0) is 16.9 Å². The summed E-state index contributed by atoms with van der Waals surface area (Å²) in [7, 11) is 0. The number of nitrogens with zero attached hydrogens (tertiary/aromatic N) is 7. The summed E-state index contributed by atoms with van der Waals surface area (Å²) in [5.74, 6) is 0.721. The Morgan fingerprint density at radius 3 is 2.84 bits per heavy atom. The molecule has 4 heterocycles. The molecule has 5 rings (SSSR count). The van der Waals surface area contributed by atoms with Crippen molar-refractivity contribution in [3.63, 3.8) is 0 Å². The lowest BCUT2D eigenvalue weighted by molar-refractivity contribution is 0.122. The number of morpholine rings is 1. The first-order valence-corrected chi connectivity index (χ1v) is 12.0. The SMILES string of the molecule is CCc1nn2c(=O)cc(CSc3nnc(N4CCOCC4)n3-c3cccc(F)c3)nc2s1. The van der Waals surface area contributed by atoms with Crippen molar-refractivity contribution >= 4 is 34.0 Å². The van der Waals surface area contributed by atoms with Gasteiger partial charge in [0.15, 0.2) is 5.16 Å². The third kappa shape index (κ3) is 4.12. The Morgan fingerprint density at radius 2 is 2.06 bits per heavy atom. The average Bonchev–Trinajstić information content (AvgIpc) is 3.43. The second-order valence-corrected chi connectivity index (χ2v) is 9.10. The lowest BCUT2D eigenvalue weighted by atomic mass is 10.3. The molecule has 0 N–H and O–H groups in total. The lowest BCUT2D eigenvalue weighted by Crippen LogP contribution is -2.37. The maximum Gasteiger partial charge on any atom is 0.275 e. The number of rotatable bonds is 6. The van der Waals surface area contributed by atoms with E-state index in [9.17, 15) is 9.18 Å². The number of fused-ring (bicyclic) bond motifs is 1. The lowest BCUT2D eigenvalue weighted by Gasteiger charge is -2.27. The number of aromatic nitrogens is 6. The Morgan fingerprint density at radius 1 is 1.22 bits per heavy atom. The molecule has 0 saturated carbocycles. The zero-order valence-electron chi connectivity index (χ0n) is 17.3. The van der Waals surface area contributed by atoms with Crippen LogP contribution in [0.25, 0.3) is 10.6 Å². The molecule has 0 spiro atoms. The van der Waals surface area contributed by atoms with Crippen LogP contribution in [0, 0.1) is 5.82 Å². The zero-order valence-corrected chi connectivity index (χ0v) is 18.9. The first kappa shape index (κ1) is 21.0. The van der Waals surface area contributed by atoms with Crippen molar-refractivity contribution in [3.8, 4) is 5.69 Å². The third-order valence-electron chi connectivity index (χ3n) is 4.97. The molecule has 1 aliphatic heterocycles. The summed E-state index contributed by atoms with van der Waals surface area (Å²) in [6.07, 6.45) is 0.749. The summed E-state index contributed by atoms with van der Waals surface area (Å²) in [4.78, 5) is 19.7. The van der Waals surface area contributed by atoms with Gasteiger partial charge in [0.1, 0.15) is 10.8 Å². The summed E-state index contributed by atoms with van der Waals surface area (Å²) < 4.78 is 22.6. The van der Waals surface area contributed by atoms with E-state index >= 15 is 0 Å². The quantitative estimate of drug-likeness (QED) is 0.395. The number of aryl methyl sites for hydroxylation is 1. The topological polar surface area (TPSA) is 90.4 Å². The maximum absolute atomic E-state index is 14.0. The van der Waals surface area contributed by atoms with E-state index < -0.39 is 0 Å². The molecule has 1 aromatic carbocycles. The molecule has 32 heavy (non-hydrogen) atoms. The summed E-state index contributed by atoms with van der Waals surface area (Å²) in [6.45, 7) is 4.54. The number of anilines is 1. The number of hydrogen-bond donors (Lipinski definition) is 0. The van der Waals surface area contributed by atoms with E-state index in [4.69, 9.17) is 4.74 Å². The molecule has 0 amide bonds. The van der Waals surface area contributed by atoms with Gasteiger partial charge in [-0.1, -0.05) is 36.1 Å². The van der Waals surface area contributed by atoms with Crippen LogP contribution in [0.4, 0.5) is 10.3 Å². The Labute approximate surface area is 190 Å². The smallest absolute Gasteiger partial charge is 0.275 e. The van der Waals surface area contributed by atoms with E-state index in [1.807, 2.05) is 17.6 Å². The van der Waals surface area contributed by atoms with Gasteiger partial charge >= 0.3 is 0 Å². The number of ether oxygens (including phenoxy) is 1. The van der Waals surface area contributed by atoms with Crippen LogP contribution < -0.4 is 10.5 Å². The number of hydrogen-bond acceptors (Lipinski definition) is 9. The molecular formula is C20H20FN7O2S2. The standard InChI is InChI=1S/C20H20FN7O2S2/c1-2-16-25-28-17(29)11-14(22-19(28)32-16)12-31-20-24-23-18(26-6-8-30-9-7-26)27(20)15-5-3-4-13(21)10-15/h3-5,10-11H,2,6-9,12H2,1H3. The van der Waals surface area contributed by atoms with Gasteiger partial charge in [0.2, 0.25) is 10.9 Å². The van der Waals surface area contributed by atoms with Gasteiger partial charge in [0.05, 0.1) is 24.6 Å². The Hall–Kier alpha value is -2.83. The molecule has 0 radical (unpaired) electrons. The van der Waals surface area contributed by atoms with Gasteiger partial charge in [0, 0.05) is 24.9 Å². The molecular weight excluding hydrogens is 453 g/mol. The molecule has 0 atom stereocenters. The van der Waals surface area contributed by atoms with E-state index in [1.165, 1.54) is 45.8 Å². The minimum absolute atomic E-state index is 0.206. The predicted molar refractivity (Wildman–Crippen MR) is 120 cm³/mol. The molecule has 0 aliphatic carbocycles. The Bertz CT molecular complexity index is 1310. The predicted octanol–water partition coefficient (Wildman–Crippen LogP) is 2.56. The van der Waals surface area contributed by atoms with Crippen LogP contribution in [0.15, 0.2) is 40.3 Å². The van der Waals surface area contributed by atoms with Crippen LogP contribution in [-0.4, -0.2) is 55.7 Å². The largest absolute Gasteiger partial charge is 0.378 e. The normalized spacial score (nSPS) is 14.4. The minimum Gasteiger partial charge on any atom is -0.378 e. The van der Waals surface area contributed by atoms with Crippen LogP contribution in [0.3, 0.4) is 0 Å². The Balaban J connectivity index is 1.47. The van der Waals surface area contributed by atoms with Gasteiger partial charge in [-0.3, -0.25) is 9.36 Å². The first-order valence-electron chi connectivity index (χ1n) is 10.2. The zero-order chi connectivity index (χ0) is 22.1. The molecule has 1 saturated heterocycles. The van der Waals surface area contributed by atoms with Crippen LogP contribution in [0.5, 0.6) is 0 Å². The third-order valence-corrected chi connectivity index (χ3v) is 6.98. The fourth-order valence-electron chi connectivity index (χ4n) is 3.42. The molecule has 3 aromatic heterocycles. The van der Waals surface area contributed by atoms with Crippen molar-refractivity contribution in [1.82, 2.24) is 29.4 Å². The van der Waals surface area contributed by atoms with Crippen LogP contribution >= 0.6 is 23.1 Å². The second kappa shape index (κ2) is 8.96. The number of thioether (sulfide) groups is 1. The minimum atomic E-state index is -0.336. The first-order chi connectivity index (χ1) is 15.6. The maximum atomic E-state index is 14.0. The Kier molecular flexibility index (Phi) is 5.89. The van der Waals surface area contributed by atoms with Crippen molar-refractivity contribution in [2.45, 2.75) is 24.3 Å². The van der Waals surface area contributed by atoms with Gasteiger partial charge < -0.3 is 9.64 Å². The number of benzene rings is 1. The highest BCUT2D eigenvalue weighted by Crippen LogP contribution is 2.29. The van der Waals surface area contributed by atoms with Crippen molar-refractivity contribution in [2.75, 3.05) is 31.2 Å². The summed E-state index contributed by atoms with van der Waals surface area (Å²) in [5, 5.41) is 14.5. The van der Waals surface area contributed by atoms with Gasteiger partial charge in [-0.15, -0.1) is 10.2 Å². The van der Waals surface area contributed by atoms with E-state index in [0.717, 1.165) is 11.4 Å². The molecule has 12 heteroatoms. The average molecular weight is 474 g/mol. The highest BCUT2D eigenvalue weighted by Gasteiger charge is 2.22. The van der Waals surface area contributed by atoms with Crippen molar-refractivity contribution in [1.29, 1.82) is 0 Å². The van der Waals surface area contributed by atoms with Crippen molar-refractivity contribution in [3.05, 3.63) is 57.2 Å². The number of halogens is 1. The summed E-state index contributed by atoms with van der Waals surface area (Å²) in [6, 6.07) is 7.83. The molecule has 4 aromatic rings. The van der Waals surface area contributed by atoms with Crippen LogP contribution in [0.2, 0.25) is 0 Å². The van der Waals surface area contributed by atoms with Gasteiger partial charge in [0.25, 0.3) is 5.56 Å². The summed E-state index contributed by atoms with van der Waals surface area (Å²) in [5.41, 5.74) is 1.06. The molecule has 9 nitrogen and oxygen atoms in total.